The van der Waals surface area contributed by atoms with Crippen LogP contribution in [0.3, 0.4) is 0 Å². The molecule has 1 saturated carbocycles. The third kappa shape index (κ3) is 1.82. The average Bonchev–Trinajstić information content (AvgIpc) is 3.09. The summed E-state index contributed by atoms with van der Waals surface area (Å²) in [5, 5.41) is 13.3. The minimum atomic E-state index is -0.943. The van der Waals surface area contributed by atoms with E-state index in [0.29, 0.717) is 5.92 Å². The van der Waals surface area contributed by atoms with Gasteiger partial charge in [-0.2, -0.15) is 5.10 Å². The molecule has 86 valence electrons. The maximum Gasteiger partial charge on any atom is 0.356 e. The van der Waals surface area contributed by atoms with Gasteiger partial charge in [-0.05, 0) is 30.9 Å². The summed E-state index contributed by atoms with van der Waals surface area (Å²) in [7, 11) is 0. The Morgan fingerprint density at radius 3 is 2.59 bits per heavy atom. The molecule has 4 nitrogen and oxygen atoms in total. The van der Waals surface area contributed by atoms with Gasteiger partial charge in [0.2, 0.25) is 0 Å². The van der Waals surface area contributed by atoms with Crippen molar-refractivity contribution in [2.24, 2.45) is 0 Å². The minimum Gasteiger partial charge on any atom is -0.476 e. The predicted molar refractivity (Wildman–Crippen MR) is 62.5 cm³/mol. The molecule has 1 aliphatic carbocycles. The first kappa shape index (κ1) is 10.1. The molecule has 1 heterocycles. The largest absolute Gasteiger partial charge is 0.476 e. The van der Waals surface area contributed by atoms with Gasteiger partial charge in [0.1, 0.15) is 0 Å². The molecular formula is C13H12N2O2. The van der Waals surface area contributed by atoms with Crippen LogP contribution in [0.15, 0.2) is 36.5 Å². The summed E-state index contributed by atoms with van der Waals surface area (Å²) in [6.07, 6.45) is 3.98. The van der Waals surface area contributed by atoms with Gasteiger partial charge in [0, 0.05) is 11.8 Å². The molecule has 0 atom stereocenters. The van der Waals surface area contributed by atoms with E-state index in [4.69, 9.17) is 5.11 Å². The van der Waals surface area contributed by atoms with Gasteiger partial charge in [-0.15, -0.1) is 0 Å². The highest BCUT2D eigenvalue weighted by Crippen LogP contribution is 2.41. The molecule has 1 aliphatic rings. The zero-order valence-electron chi connectivity index (χ0n) is 9.21. The smallest absolute Gasteiger partial charge is 0.356 e. The van der Waals surface area contributed by atoms with Crippen molar-refractivity contribution in [2.45, 2.75) is 18.8 Å². The summed E-state index contributed by atoms with van der Waals surface area (Å²) in [5.41, 5.74) is 1.94. The molecule has 0 spiro atoms. The van der Waals surface area contributed by atoms with Crippen molar-refractivity contribution in [1.29, 1.82) is 0 Å². The predicted octanol–water partition coefficient (Wildman–Crippen LogP) is 2.45. The van der Waals surface area contributed by atoms with Gasteiger partial charge < -0.3 is 5.11 Å². The van der Waals surface area contributed by atoms with Crippen LogP contribution >= 0.6 is 0 Å². The molecule has 2 aromatic rings. The lowest BCUT2D eigenvalue weighted by atomic mass is 10.1. The van der Waals surface area contributed by atoms with E-state index in [0.717, 1.165) is 24.1 Å². The fraction of sp³-hybridized carbons (Fsp3) is 0.231. The highest BCUT2D eigenvalue weighted by molar-refractivity contribution is 5.87. The first-order chi connectivity index (χ1) is 8.25. The number of para-hydroxylation sites is 1. The van der Waals surface area contributed by atoms with Gasteiger partial charge in [-0.3, -0.25) is 0 Å². The summed E-state index contributed by atoms with van der Waals surface area (Å²) < 4.78 is 1.65. The van der Waals surface area contributed by atoms with Crippen LogP contribution in [-0.4, -0.2) is 20.9 Å². The Morgan fingerprint density at radius 1 is 1.29 bits per heavy atom. The first-order valence-corrected chi connectivity index (χ1v) is 5.64. The lowest BCUT2D eigenvalue weighted by Gasteiger charge is -1.98. The lowest BCUT2D eigenvalue weighted by Crippen LogP contribution is -2.02. The highest BCUT2D eigenvalue weighted by Gasteiger charge is 2.31. The fourth-order valence-corrected chi connectivity index (χ4v) is 1.96. The van der Waals surface area contributed by atoms with E-state index in [1.807, 2.05) is 36.5 Å². The Bertz CT molecular complexity index is 556. The number of hydrogen-bond donors (Lipinski definition) is 1. The molecule has 17 heavy (non-hydrogen) atoms. The van der Waals surface area contributed by atoms with E-state index >= 15 is 0 Å². The Morgan fingerprint density at radius 2 is 2.00 bits per heavy atom. The van der Waals surface area contributed by atoms with Gasteiger partial charge in [-0.1, -0.05) is 18.2 Å². The average molecular weight is 228 g/mol. The van der Waals surface area contributed by atoms with Crippen LogP contribution in [0, 0.1) is 0 Å². The van der Waals surface area contributed by atoms with Crippen molar-refractivity contribution >= 4 is 5.97 Å². The number of aromatic carboxylic acids is 1. The fourth-order valence-electron chi connectivity index (χ4n) is 1.96. The molecule has 4 heteroatoms. The molecule has 0 aliphatic heterocycles. The summed E-state index contributed by atoms with van der Waals surface area (Å²) >= 11 is 0. The standard InChI is InChI=1S/C13H12N2O2/c16-13(17)12-11(9-6-7-9)8-15(14-12)10-4-2-1-3-5-10/h1-5,8-9H,6-7H2,(H,16,17). The number of carbonyl (C=O) groups is 1. The third-order valence-electron chi connectivity index (χ3n) is 2.98. The van der Waals surface area contributed by atoms with Crippen molar-refractivity contribution in [1.82, 2.24) is 9.78 Å². The van der Waals surface area contributed by atoms with E-state index in [9.17, 15) is 4.79 Å². The Balaban J connectivity index is 2.07. The van der Waals surface area contributed by atoms with Gasteiger partial charge >= 0.3 is 5.97 Å². The molecule has 0 saturated heterocycles. The lowest BCUT2D eigenvalue weighted by molar-refractivity contribution is 0.0688. The van der Waals surface area contributed by atoms with E-state index in [1.165, 1.54) is 0 Å². The van der Waals surface area contributed by atoms with Crippen molar-refractivity contribution in [2.75, 3.05) is 0 Å². The van der Waals surface area contributed by atoms with Gasteiger partial charge in [0.05, 0.1) is 5.69 Å². The van der Waals surface area contributed by atoms with Crippen LogP contribution in [0.2, 0.25) is 0 Å². The molecule has 1 aromatic carbocycles. The third-order valence-corrected chi connectivity index (χ3v) is 2.98. The molecule has 1 aromatic heterocycles. The highest BCUT2D eigenvalue weighted by atomic mass is 16.4. The molecule has 0 unspecified atom stereocenters. The molecule has 0 bridgehead atoms. The number of carboxylic acids is 1. The maximum atomic E-state index is 11.1. The SMILES string of the molecule is O=C(O)c1nn(-c2ccccc2)cc1C1CC1. The number of benzene rings is 1. The zero-order chi connectivity index (χ0) is 11.8. The molecule has 0 amide bonds. The second-order valence-electron chi connectivity index (χ2n) is 4.29. The van der Waals surface area contributed by atoms with Crippen LogP contribution in [0.5, 0.6) is 0 Å². The van der Waals surface area contributed by atoms with Crippen LogP contribution < -0.4 is 0 Å². The van der Waals surface area contributed by atoms with Crippen molar-refractivity contribution < 1.29 is 9.90 Å². The van der Waals surface area contributed by atoms with E-state index in [1.54, 1.807) is 4.68 Å². The first-order valence-electron chi connectivity index (χ1n) is 5.64. The van der Waals surface area contributed by atoms with Gasteiger partial charge in [-0.25, -0.2) is 9.48 Å². The van der Waals surface area contributed by atoms with Gasteiger partial charge in [0.25, 0.3) is 0 Å². The summed E-state index contributed by atoms with van der Waals surface area (Å²) in [6.45, 7) is 0. The molecule has 3 rings (SSSR count). The number of hydrogen-bond acceptors (Lipinski definition) is 2. The normalized spacial score (nSPS) is 14.8. The molecular weight excluding hydrogens is 216 g/mol. The summed E-state index contributed by atoms with van der Waals surface area (Å²) in [6, 6.07) is 9.57. The second-order valence-corrected chi connectivity index (χ2v) is 4.29. The number of carboxylic acid groups (broad SMARTS) is 1. The van der Waals surface area contributed by atoms with Crippen LogP contribution in [-0.2, 0) is 0 Å². The number of aromatic nitrogens is 2. The Hall–Kier alpha value is -2.10. The monoisotopic (exact) mass is 228 g/mol. The maximum absolute atomic E-state index is 11.1. The van der Waals surface area contributed by atoms with Crippen molar-refractivity contribution in [3.8, 4) is 5.69 Å². The van der Waals surface area contributed by atoms with Crippen molar-refractivity contribution in [3.05, 3.63) is 47.8 Å². The van der Waals surface area contributed by atoms with E-state index in [-0.39, 0.29) is 5.69 Å². The van der Waals surface area contributed by atoms with Crippen LogP contribution in [0.4, 0.5) is 0 Å². The Kier molecular flexibility index (Phi) is 2.21. The summed E-state index contributed by atoms with van der Waals surface area (Å²) in [5.74, 6) is -0.555. The molecule has 0 radical (unpaired) electrons. The second kappa shape index (κ2) is 3.73. The molecule has 1 fully saturated rings. The number of nitrogens with zero attached hydrogens (tertiary/aromatic N) is 2. The van der Waals surface area contributed by atoms with Crippen molar-refractivity contribution in [3.63, 3.8) is 0 Å². The quantitative estimate of drug-likeness (QED) is 0.877. The van der Waals surface area contributed by atoms with Crippen LogP contribution in [0.1, 0.15) is 34.8 Å². The van der Waals surface area contributed by atoms with Gasteiger partial charge in [0.15, 0.2) is 5.69 Å². The van der Waals surface area contributed by atoms with Crippen LogP contribution in [0.25, 0.3) is 5.69 Å². The minimum absolute atomic E-state index is 0.191. The summed E-state index contributed by atoms with van der Waals surface area (Å²) in [4.78, 5) is 11.1. The zero-order valence-corrected chi connectivity index (χ0v) is 9.21. The number of rotatable bonds is 3. The van der Waals surface area contributed by atoms with E-state index < -0.39 is 5.97 Å². The Labute approximate surface area is 98.5 Å². The molecule has 1 N–H and O–H groups in total. The topological polar surface area (TPSA) is 55.1 Å². The van der Waals surface area contributed by atoms with E-state index in [2.05, 4.69) is 5.10 Å².